The Bertz CT molecular complexity index is 353. The van der Waals surface area contributed by atoms with Gasteiger partial charge in [-0.15, -0.1) is 0 Å². The first-order valence-corrected chi connectivity index (χ1v) is 7.93. The topological polar surface area (TPSA) is 40.6 Å². The molecule has 0 bridgehead atoms. The molecule has 0 amide bonds. The summed E-state index contributed by atoms with van der Waals surface area (Å²) < 4.78 is 25.3. The first-order valence-electron chi connectivity index (χ1n) is 6.09. The summed E-state index contributed by atoms with van der Waals surface area (Å²) >= 11 is 0. The summed E-state index contributed by atoms with van der Waals surface area (Å²) in [5.41, 5.74) is 1.25. The molecule has 1 saturated carbocycles. The number of sulfonamides is 1. The van der Waals surface area contributed by atoms with Crippen molar-refractivity contribution in [1.29, 1.82) is 0 Å². The normalized spacial score (nSPS) is 19.2. The molecule has 1 aliphatic rings. The maximum Gasteiger partial charge on any atom is 0.211 e. The van der Waals surface area contributed by atoms with Crippen molar-refractivity contribution in [2.24, 2.45) is 0 Å². The second-order valence-electron chi connectivity index (χ2n) is 5.16. The molecule has 0 spiro atoms. The van der Waals surface area contributed by atoms with E-state index in [4.69, 9.17) is 0 Å². The van der Waals surface area contributed by atoms with E-state index in [9.17, 15) is 8.42 Å². The van der Waals surface area contributed by atoms with Crippen LogP contribution < -0.4 is 0 Å². The van der Waals surface area contributed by atoms with Crippen molar-refractivity contribution < 1.29 is 8.42 Å². The fraction of sp³-hybridized carbons (Fsp3) is 0.833. The van der Waals surface area contributed by atoms with Crippen LogP contribution in [0.5, 0.6) is 0 Å². The average molecular weight is 260 g/mol. The first-order chi connectivity index (χ1) is 7.80. The fourth-order valence-corrected chi connectivity index (χ4v) is 3.38. The largest absolute Gasteiger partial charge is 0.308 e. The molecule has 0 saturated heterocycles. The summed E-state index contributed by atoms with van der Waals surface area (Å²) in [6.07, 6.45) is 5.06. The number of rotatable bonds is 5. The van der Waals surface area contributed by atoms with Gasteiger partial charge in [-0.3, -0.25) is 0 Å². The van der Waals surface area contributed by atoms with Gasteiger partial charge in [0.1, 0.15) is 0 Å². The molecule has 1 aliphatic carbocycles. The summed E-state index contributed by atoms with van der Waals surface area (Å²) in [7, 11) is 0.822. The summed E-state index contributed by atoms with van der Waals surface area (Å²) in [5.74, 6) is 0. The highest BCUT2D eigenvalue weighted by Crippen LogP contribution is 2.27. The molecule has 0 aromatic rings. The standard InChI is InChI=1S/C12H24N2O2S/c1-11-5-7-12(8-6-11)14(17(4,15)16)10-9-13(2)3/h12H,1,5-10H2,2-4H3. The maximum absolute atomic E-state index is 11.8. The highest BCUT2D eigenvalue weighted by Gasteiger charge is 2.28. The van der Waals surface area contributed by atoms with Crippen molar-refractivity contribution >= 4 is 10.0 Å². The molecule has 1 fully saturated rings. The SMILES string of the molecule is C=C1CCC(N(CCN(C)C)S(C)(=O)=O)CC1. The van der Waals surface area contributed by atoms with Gasteiger partial charge in [-0.1, -0.05) is 12.2 Å². The predicted molar refractivity (Wildman–Crippen MR) is 71.5 cm³/mol. The van der Waals surface area contributed by atoms with Gasteiger partial charge >= 0.3 is 0 Å². The molecule has 1 rings (SSSR count). The summed E-state index contributed by atoms with van der Waals surface area (Å²) in [6.45, 7) is 5.32. The monoisotopic (exact) mass is 260 g/mol. The molecule has 0 unspecified atom stereocenters. The minimum atomic E-state index is -3.10. The Morgan fingerprint density at radius 3 is 2.18 bits per heavy atom. The fourth-order valence-electron chi connectivity index (χ4n) is 2.22. The Labute approximate surface area is 105 Å². The van der Waals surface area contributed by atoms with Crippen LogP contribution in [0.25, 0.3) is 0 Å². The lowest BCUT2D eigenvalue weighted by Gasteiger charge is -2.33. The van der Waals surface area contributed by atoms with Crippen molar-refractivity contribution in [3.63, 3.8) is 0 Å². The molecule has 5 heteroatoms. The zero-order valence-corrected chi connectivity index (χ0v) is 12.0. The zero-order chi connectivity index (χ0) is 13.1. The molecule has 0 aromatic heterocycles. The summed E-state index contributed by atoms with van der Waals surface area (Å²) in [5, 5.41) is 0. The highest BCUT2D eigenvalue weighted by molar-refractivity contribution is 7.88. The number of nitrogens with zero attached hydrogens (tertiary/aromatic N) is 2. The van der Waals surface area contributed by atoms with Crippen LogP contribution in [-0.2, 0) is 10.0 Å². The van der Waals surface area contributed by atoms with E-state index in [-0.39, 0.29) is 6.04 Å². The minimum Gasteiger partial charge on any atom is -0.308 e. The van der Waals surface area contributed by atoms with E-state index in [1.54, 1.807) is 4.31 Å². The molecule has 17 heavy (non-hydrogen) atoms. The zero-order valence-electron chi connectivity index (χ0n) is 11.1. The summed E-state index contributed by atoms with van der Waals surface area (Å²) in [4.78, 5) is 2.01. The van der Waals surface area contributed by atoms with Crippen LogP contribution in [0, 0.1) is 0 Å². The lowest BCUT2D eigenvalue weighted by molar-refractivity contribution is 0.250. The van der Waals surface area contributed by atoms with Gasteiger partial charge in [-0.2, -0.15) is 4.31 Å². The van der Waals surface area contributed by atoms with Crippen LogP contribution in [0.4, 0.5) is 0 Å². The number of allylic oxidation sites excluding steroid dienone is 1. The van der Waals surface area contributed by atoms with E-state index in [1.165, 1.54) is 11.8 Å². The molecule has 0 N–H and O–H groups in total. The van der Waals surface area contributed by atoms with Crippen molar-refractivity contribution in [2.45, 2.75) is 31.7 Å². The van der Waals surface area contributed by atoms with E-state index in [2.05, 4.69) is 6.58 Å². The number of likely N-dealkylation sites (N-methyl/N-ethyl adjacent to an activating group) is 1. The average Bonchev–Trinajstić information content (AvgIpc) is 2.18. The van der Waals surface area contributed by atoms with Crippen molar-refractivity contribution in [1.82, 2.24) is 9.21 Å². The molecule has 0 aliphatic heterocycles. The van der Waals surface area contributed by atoms with Gasteiger partial charge in [-0.25, -0.2) is 8.42 Å². The highest BCUT2D eigenvalue weighted by atomic mass is 32.2. The first kappa shape index (κ1) is 14.7. The van der Waals surface area contributed by atoms with Gasteiger partial charge in [0.2, 0.25) is 10.0 Å². The smallest absolute Gasteiger partial charge is 0.211 e. The Kier molecular flexibility index (Phi) is 5.16. The van der Waals surface area contributed by atoms with Crippen molar-refractivity contribution in [3.8, 4) is 0 Å². The van der Waals surface area contributed by atoms with Crippen molar-refractivity contribution in [3.05, 3.63) is 12.2 Å². The van der Waals surface area contributed by atoms with Crippen molar-refractivity contribution in [2.75, 3.05) is 33.4 Å². The quantitative estimate of drug-likeness (QED) is 0.700. The third-order valence-corrected chi connectivity index (χ3v) is 4.60. The Morgan fingerprint density at radius 2 is 1.76 bits per heavy atom. The molecule has 0 aromatic carbocycles. The Morgan fingerprint density at radius 1 is 1.24 bits per heavy atom. The van der Waals surface area contributed by atoms with E-state index in [0.717, 1.165) is 32.2 Å². The molecule has 0 radical (unpaired) electrons. The van der Waals surface area contributed by atoms with Gasteiger partial charge in [0.25, 0.3) is 0 Å². The lowest BCUT2D eigenvalue weighted by Crippen LogP contribution is -2.44. The predicted octanol–water partition coefficient (Wildman–Crippen LogP) is 1.31. The number of hydrogen-bond donors (Lipinski definition) is 0. The van der Waals surface area contributed by atoms with Gasteiger partial charge < -0.3 is 4.90 Å². The third kappa shape index (κ3) is 4.77. The van der Waals surface area contributed by atoms with Crippen LogP contribution in [0.15, 0.2) is 12.2 Å². The van der Waals surface area contributed by atoms with Crippen LogP contribution in [0.2, 0.25) is 0 Å². The van der Waals surface area contributed by atoms with E-state index >= 15 is 0 Å². The lowest BCUT2D eigenvalue weighted by atomic mass is 9.92. The molecule has 0 atom stereocenters. The van der Waals surface area contributed by atoms with Crippen LogP contribution in [-0.4, -0.2) is 57.1 Å². The van der Waals surface area contributed by atoms with E-state index in [1.807, 2.05) is 19.0 Å². The van der Waals surface area contributed by atoms with E-state index in [0.29, 0.717) is 6.54 Å². The number of hydrogen-bond acceptors (Lipinski definition) is 3. The second-order valence-corrected chi connectivity index (χ2v) is 7.09. The van der Waals surface area contributed by atoms with Crippen LogP contribution in [0.3, 0.4) is 0 Å². The molecular formula is C12H24N2O2S. The molecule has 0 heterocycles. The maximum atomic E-state index is 11.8. The van der Waals surface area contributed by atoms with Gasteiger partial charge in [0.05, 0.1) is 6.26 Å². The van der Waals surface area contributed by atoms with Gasteiger partial charge in [0.15, 0.2) is 0 Å². The minimum absolute atomic E-state index is 0.162. The third-order valence-electron chi connectivity index (χ3n) is 3.26. The van der Waals surface area contributed by atoms with E-state index < -0.39 is 10.0 Å². The van der Waals surface area contributed by atoms with Gasteiger partial charge in [-0.05, 0) is 39.8 Å². The molecule has 100 valence electrons. The second kappa shape index (κ2) is 5.98. The van der Waals surface area contributed by atoms with Crippen LogP contribution >= 0.6 is 0 Å². The summed E-state index contributed by atoms with van der Waals surface area (Å²) in [6, 6.07) is 0.162. The van der Waals surface area contributed by atoms with Crippen LogP contribution in [0.1, 0.15) is 25.7 Å². The van der Waals surface area contributed by atoms with Gasteiger partial charge in [0, 0.05) is 19.1 Å². The Balaban J connectivity index is 2.66. The molecular weight excluding hydrogens is 236 g/mol. The molecule has 4 nitrogen and oxygen atoms in total. The Hall–Kier alpha value is -0.390.